The fourth-order valence-corrected chi connectivity index (χ4v) is 3.55. The Bertz CT molecular complexity index is 974. The van der Waals surface area contributed by atoms with Crippen LogP contribution in [0.2, 0.25) is 0 Å². The molecule has 1 fully saturated rings. The van der Waals surface area contributed by atoms with Gasteiger partial charge in [-0.05, 0) is 54.8 Å². The molecule has 1 saturated heterocycles. The summed E-state index contributed by atoms with van der Waals surface area (Å²) in [5.74, 6) is 0.993. The van der Waals surface area contributed by atoms with E-state index in [0.717, 1.165) is 29.7 Å². The average molecular weight is 404 g/mol. The Balaban J connectivity index is 1.24. The maximum Gasteiger partial charge on any atom is 0.410 e. The molecule has 3 aromatic rings. The second kappa shape index (κ2) is 9.31. The van der Waals surface area contributed by atoms with Crippen LogP contribution in [0.1, 0.15) is 29.0 Å². The van der Waals surface area contributed by atoms with Gasteiger partial charge >= 0.3 is 6.09 Å². The lowest BCUT2D eigenvalue weighted by Gasteiger charge is -2.32. The molecule has 1 aliphatic heterocycles. The molecule has 0 unspecified atom stereocenters. The number of anilines is 1. The molecule has 2 aromatic carbocycles. The number of likely N-dealkylation sites (tertiary alicyclic amines) is 1. The van der Waals surface area contributed by atoms with Crippen LogP contribution in [0, 0.1) is 0 Å². The number of piperidine rings is 1. The Kier molecular flexibility index (Phi) is 6.13. The number of hydrogen-bond acceptors (Lipinski definition) is 5. The Hall–Kier alpha value is -3.54. The number of benzene rings is 2. The summed E-state index contributed by atoms with van der Waals surface area (Å²) in [7, 11) is 0. The molecule has 1 amide bonds. The third-order valence-corrected chi connectivity index (χ3v) is 5.24. The summed E-state index contributed by atoms with van der Waals surface area (Å²) in [5.41, 5.74) is 2.93. The average Bonchev–Trinajstić information content (AvgIpc) is 3.29. The zero-order valence-electron chi connectivity index (χ0n) is 16.6. The molecular weight excluding hydrogens is 380 g/mol. The first-order chi connectivity index (χ1) is 14.7. The van der Waals surface area contributed by atoms with Crippen LogP contribution < -0.4 is 5.32 Å². The van der Waals surface area contributed by atoms with Gasteiger partial charge < -0.3 is 19.4 Å². The van der Waals surface area contributed by atoms with Gasteiger partial charge in [-0.25, -0.2) is 4.79 Å². The molecule has 1 aromatic heterocycles. The standard InChI is InChI=1S/C24H24N2O4/c27-16-22-10-11-23(30-22)19-6-8-20(9-7-19)25-21-12-14-26(15-13-21)24(28)29-17-18-4-2-1-3-5-18/h1-11,16,21,25H,12-15,17H2. The number of amides is 1. The molecule has 154 valence electrons. The summed E-state index contributed by atoms with van der Waals surface area (Å²) in [4.78, 5) is 24.8. The highest BCUT2D eigenvalue weighted by Gasteiger charge is 2.23. The van der Waals surface area contributed by atoms with Crippen molar-refractivity contribution in [3.8, 4) is 11.3 Å². The summed E-state index contributed by atoms with van der Waals surface area (Å²) in [6, 6.07) is 21.4. The summed E-state index contributed by atoms with van der Waals surface area (Å²) in [6.07, 6.45) is 2.17. The van der Waals surface area contributed by atoms with Crippen molar-refractivity contribution in [3.05, 3.63) is 78.1 Å². The molecule has 0 saturated carbocycles. The van der Waals surface area contributed by atoms with Crippen LogP contribution in [0.3, 0.4) is 0 Å². The van der Waals surface area contributed by atoms with E-state index in [1.54, 1.807) is 17.0 Å². The lowest BCUT2D eigenvalue weighted by Crippen LogP contribution is -2.42. The molecule has 0 spiro atoms. The number of aldehydes is 1. The molecule has 0 radical (unpaired) electrons. The van der Waals surface area contributed by atoms with Crippen molar-refractivity contribution in [1.82, 2.24) is 4.90 Å². The van der Waals surface area contributed by atoms with Crippen molar-refractivity contribution in [3.63, 3.8) is 0 Å². The first-order valence-corrected chi connectivity index (χ1v) is 10.1. The maximum atomic E-state index is 12.3. The second-order valence-electron chi connectivity index (χ2n) is 7.34. The molecule has 0 bridgehead atoms. The number of furan rings is 1. The van der Waals surface area contributed by atoms with Crippen molar-refractivity contribution in [2.75, 3.05) is 18.4 Å². The minimum atomic E-state index is -0.255. The van der Waals surface area contributed by atoms with Crippen LogP contribution in [0.25, 0.3) is 11.3 Å². The van der Waals surface area contributed by atoms with E-state index in [-0.39, 0.29) is 6.09 Å². The van der Waals surface area contributed by atoms with Gasteiger partial charge in [-0.2, -0.15) is 0 Å². The number of ether oxygens (including phenoxy) is 1. The minimum absolute atomic E-state index is 0.255. The monoisotopic (exact) mass is 404 g/mol. The Morgan fingerprint density at radius 2 is 1.77 bits per heavy atom. The molecule has 2 heterocycles. The molecule has 6 heteroatoms. The van der Waals surface area contributed by atoms with Gasteiger partial charge in [-0.15, -0.1) is 0 Å². The van der Waals surface area contributed by atoms with Crippen molar-refractivity contribution in [2.45, 2.75) is 25.5 Å². The molecular formula is C24H24N2O4. The van der Waals surface area contributed by atoms with Crippen LogP contribution in [0.5, 0.6) is 0 Å². The molecule has 1 N–H and O–H groups in total. The zero-order valence-corrected chi connectivity index (χ0v) is 16.6. The third-order valence-electron chi connectivity index (χ3n) is 5.24. The highest BCUT2D eigenvalue weighted by molar-refractivity contribution is 5.73. The number of carbonyl (C=O) groups is 2. The van der Waals surface area contributed by atoms with E-state index in [0.29, 0.717) is 43.5 Å². The molecule has 0 atom stereocenters. The Morgan fingerprint density at radius 1 is 1.03 bits per heavy atom. The predicted molar refractivity (Wildman–Crippen MR) is 114 cm³/mol. The van der Waals surface area contributed by atoms with E-state index in [1.807, 2.05) is 54.6 Å². The van der Waals surface area contributed by atoms with Gasteiger partial charge in [-0.3, -0.25) is 4.79 Å². The van der Waals surface area contributed by atoms with Crippen molar-refractivity contribution in [2.24, 2.45) is 0 Å². The van der Waals surface area contributed by atoms with E-state index >= 15 is 0 Å². The summed E-state index contributed by atoms with van der Waals surface area (Å²) in [5, 5.41) is 3.53. The SMILES string of the molecule is O=Cc1ccc(-c2ccc(NC3CCN(C(=O)OCc4ccccc4)CC3)cc2)o1. The molecule has 1 aliphatic rings. The minimum Gasteiger partial charge on any atom is -0.453 e. The molecule has 4 rings (SSSR count). The van der Waals surface area contributed by atoms with Gasteiger partial charge in [0.1, 0.15) is 12.4 Å². The van der Waals surface area contributed by atoms with Crippen LogP contribution in [-0.2, 0) is 11.3 Å². The van der Waals surface area contributed by atoms with Gasteiger partial charge in [0.05, 0.1) is 0 Å². The van der Waals surface area contributed by atoms with Crippen LogP contribution in [-0.4, -0.2) is 36.4 Å². The third kappa shape index (κ3) is 4.89. The summed E-state index contributed by atoms with van der Waals surface area (Å²) >= 11 is 0. The Morgan fingerprint density at radius 3 is 2.43 bits per heavy atom. The number of nitrogens with one attached hydrogen (secondary N) is 1. The molecule has 0 aliphatic carbocycles. The van der Waals surface area contributed by atoms with E-state index in [1.165, 1.54) is 0 Å². The number of hydrogen-bond donors (Lipinski definition) is 1. The van der Waals surface area contributed by atoms with Gasteiger partial charge in [0.15, 0.2) is 12.0 Å². The van der Waals surface area contributed by atoms with Crippen molar-refractivity contribution >= 4 is 18.1 Å². The smallest absolute Gasteiger partial charge is 0.410 e. The number of rotatable bonds is 6. The zero-order chi connectivity index (χ0) is 20.8. The molecule has 6 nitrogen and oxygen atoms in total. The van der Waals surface area contributed by atoms with E-state index in [9.17, 15) is 9.59 Å². The van der Waals surface area contributed by atoms with Gasteiger partial charge in [0.25, 0.3) is 0 Å². The highest BCUT2D eigenvalue weighted by Crippen LogP contribution is 2.24. The van der Waals surface area contributed by atoms with Crippen LogP contribution in [0.15, 0.2) is 71.1 Å². The van der Waals surface area contributed by atoms with Crippen LogP contribution in [0.4, 0.5) is 10.5 Å². The largest absolute Gasteiger partial charge is 0.453 e. The summed E-state index contributed by atoms with van der Waals surface area (Å²) < 4.78 is 10.9. The highest BCUT2D eigenvalue weighted by atomic mass is 16.6. The topological polar surface area (TPSA) is 71.8 Å². The van der Waals surface area contributed by atoms with Crippen molar-refractivity contribution < 1.29 is 18.7 Å². The van der Waals surface area contributed by atoms with E-state index in [2.05, 4.69) is 5.32 Å². The number of nitrogens with zero attached hydrogens (tertiary/aromatic N) is 1. The maximum absolute atomic E-state index is 12.3. The van der Waals surface area contributed by atoms with Gasteiger partial charge in [0, 0.05) is 30.4 Å². The normalized spacial score (nSPS) is 14.3. The first kappa shape index (κ1) is 19.8. The van der Waals surface area contributed by atoms with Gasteiger partial charge in [0.2, 0.25) is 0 Å². The second-order valence-corrected chi connectivity index (χ2v) is 7.34. The molecule has 30 heavy (non-hydrogen) atoms. The van der Waals surface area contributed by atoms with E-state index < -0.39 is 0 Å². The predicted octanol–water partition coefficient (Wildman–Crippen LogP) is 4.97. The quantitative estimate of drug-likeness (QED) is 0.587. The lowest BCUT2D eigenvalue weighted by atomic mass is 10.0. The number of carbonyl (C=O) groups excluding carboxylic acids is 2. The summed E-state index contributed by atoms with van der Waals surface area (Å²) in [6.45, 7) is 1.64. The fourth-order valence-electron chi connectivity index (χ4n) is 3.55. The van der Waals surface area contributed by atoms with Crippen molar-refractivity contribution in [1.29, 1.82) is 0 Å². The fraction of sp³-hybridized carbons (Fsp3) is 0.250. The first-order valence-electron chi connectivity index (χ1n) is 10.1. The lowest BCUT2D eigenvalue weighted by molar-refractivity contribution is 0.0881. The van der Waals surface area contributed by atoms with E-state index in [4.69, 9.17) is 9.15 Å². The van der Waals surface area contributed by atoms with Gasteiger partial charge in [-0.1, -0.05) is 30.3 Å². The van der Waals surface area contributed by atoms with Crippen LogP contribution >= 0.6 is 0 Å². The Labute approximate surface area is 175 Å².